The topological polar surface area (TPSA) is 18.5 Å². The molecule has 0 fully saturated rings. The molecule has 1 aliphatic rings. The van der Waals surface area contributed by atoms with E-state index in [2.05, 4.69) is 21.1 Å². The van der Waals surface area contributed by atoms with Crippen molar-refractivity contribution in [3.8, 4) is 0 Å². The molecule has 0 N–H and O–H groups in total. The number of thiol groups is 1. The summed E-state index contributed by atoms with van der Waals surface area (Å²) in [5.41, 5.74) is 0. The molecule has 13 heavy (non-hydrogen) atoms. The molecule has 0 radical (unpaired) electrons. The van der Waals surface area contributed by atoms with E-state index in [-0.39, 0.29) is 0 Å². The van der Waals surface area contributed by atoms with Crippen LogP contribution < -0.4 is 0 Å². The third kappa shape index (κ3) is 2.23. The van der Waals surface area contributed by atoms with Crippen LogP contribution in [0, 0.1) is 0 Å². The third-order valence-electron chi connectivity index (χ3n) is 1.19. The van der Waals surface area contributed by atoms with Gasteiger partial charge in [-0.25, -0.2) is 4.74 Å². The van der Waals surface area contributed by atoms with Crippen molar-refractivity contribution in [1.82, 2.24) is 0 Å². The second-order valence-electron chi connectivity index (χ2n) is 2.16. The van der Waals surface area contributed by atoms with Crippen LogP contribution in [-0.2, 0) is 9.47 Å². The van der Waals surface area contributed by atoms with E-state index in [0.717, 1.165) is 6.92 Å². The Labute approximate surface area is 80.1 Å². The van der Waals surface area contributed by atoms with Gasteiger partial charge in [-0.3, -0.25) is 0 Å². The number of allylic oxidation sites excluding steroid dienone is 1. The smallest absolute Gasteiger partial charge is 0.413 e. The van der Waals surface area contributed by atoms with Crippen molar-refractivity contribution in [3.63, 3.8) is 0 Å². The Morgan fingerprint density at radius 2 is 1.85 bits per heavy atom. The van der Waals surface area contributed by atoms with Gasteiger partial charge in [0.2, 0.25) is 0 Å². The van der Waals surface area contributed by atoms with Crippen molar-refractivity contribution in [2.75, 3.05) is 0 Å². The Morgan fingerprint density at radius 3 is 2.23 bits per heavy atom. The zero-order valence-electron chi connectivity index (χ0n) is 6.18. The number of ether oxygens (including phenoxy) is 2. The van der Waals surface area contributed by atoms with E-state index in [1.165, 1.54) is 0 Å². The molecule has 0 amide bonds. The van der Waals surface area contributed by atoms with Gasteiger partial charge in [-0.05, 0) is 6.92 Å². The largest absolute Gasteiger partial charge is 0.539 e. The summed E-state index contributed by atoms with van der Waals surface area (Å²) in [7, 11) is 0.302. The predicted molar refractivity (Wildman–Crippen MR) is 41.3 cm³/mol. The molecule has 0 bridgehead atoms. The average molecular weight is 236 g/mol. The minimum atomic E-state index is -4.29. The van der Waals surface area contributed by atoms with E-state index in [1.54, 1.807) is 0 Å². The van der Waals surface area contributed by atoms with Crippen molar-refractivity contribution < 1.29 is 27.0 Å². The van der Waals surface area contributed by atoms with Crippen LogP contribution in [0.2, 0.25) is 0 Å². The molecule has 0 spiro atoms. The van der Waals surface area contributed by atoms with E-state index in [0.29, 0.717) is 10.8 Å². The average Bonchev–Trinajstić information content (AvgIpc) is 1.79. The van der Waals surface area contributed by atoms with Gasteiger partial charge in [-0.2, -0.15) is 8.78 Å². The number of hydrogen-bond donors (Lipinski definition) is 1. The summed E-state index contributed by atoms with van der Waals surface area (Å²) in [6.45, 7) is 0.989. The first-order valence-corrected chi connectivity index (χ1v) is 4.83. The molecule has 1 rings (SSSR count). The summed E-state index contributed by atoms with van der Waals surface area (Å²) < 4.78 is 56.9. The quantitative estimate of drug-likeness (QED) is 0.429. The highest BCUT2D eigenvalue weighted by Crippen LogP contribution is 2.46. The maximum Gasteiger partial charge on any atom is 0.539 e. The van der Waals surface area contributed by atoms with Gasteiger partial charge in [0.15, 0.2) is 0 Å². The third-order valence-corrected chi connectivity index (χ3v) is 2.45. The van der Waals surface area contributed by atoms with Gasteiger partial charge in [0.05, 0.1) is 0 Å². The molecule has 0 saturated carbocycles. The van der Waals surface area contributed by atoms with Gasteiger partial charge in [0, 0.05) is 0 Å². The van der Waals surface area contributed by atoms with E-state index in [4.69, 9.17) is 0 Å². The van der Waals surface area contributed by atoms with E-state index in [9.17, 15) is 17.6 Å². The maximum absolute atomic E-state index is 12.7. The highest BCUT2D eigenvalue weighted by atomic mass is 33.1. The lowest BCUT2D eigenvalue weighted by atomic mass is 10.4. The Balaban J connectivity index is 3.05. The number of alkyl halides is 4. The number of halogens is 4. The Hall–Kier alpha value is -0.0800. The monoisotopic (exact) mass is 236 g/mol. The molecular weight excluding hydrogens is 232 g/mol. The molecule has 0 aromatic rings. The second kappa shape index (κ2) is 3.25. The number of rotatable bonds is 1. The van der Waals surface area contributed by atoms with Crippen LogP contribution in [0.5, 0.6) is 0 Å². The first kappa shape index (κ1) is 11.0. The highest BCUT2D eigenvalue weighted by Gasteiger charge is 2.54. The van der Waals surface area contributed by atoms with Crippen molar-refractivity contribution in [2.45, 2.75) is 19.3 Å². The predicted octanol–water partition coefficient (Wildman–Crippen LogP) is 2.99. The molecular formula is C5H4F4O2S2. The molecule has 8 heteroatoms. The lowest BCUT2D eigenvalue weighted by Gasteiger charge is -2.30. The molecule has 0 aromatic carbocycles. The lowest BCUT2D eigenvalue weighted by molar-refractivity contribution is -0.458. The minimum Gasteiger partial charge on any atom is -0.413 e. The fourth-order valence-corrected chi connectivity index (χ4v) is 1.79. The summed E-state index contributed by atoms with van der Waals surface area (Å²) in [5.74, 6) is -0.596. The van der Waals surface area contributed by atoms with Gasteiger partial charge in [-0.15, -0.1) is 20.4 Å². The fraction of sp³-hybridized carbons (Fsp3) is 0.600. The van der Waals surface area contributed by atoms with Crippen molar-refractivity contribution >= 4 is 22.5 Å². The van der Waals surface area contributed by atoms with Crippen LogP contribution in [0.25, 0.3) is 0 Å². The standard InChI is InChI=1S/C5H4F4O2S2/c1-2-3(13-12)4(6,7)11-5(8,9)10-2/h12H,1H3. The van der Waals surface area contributed by atoms with Crippen LogP contribution in [0.3, 0.4) is 0 Å². The van der Waals surface area contributed by atoms with Crippen molar-refractivity contribution in [2.24, 2.45) is 0 Å². The molecule has 0 aromatic heterocycles. The van der Waals surface area contributed by atoms with Gasteiger partial charge >= 0.3 is 12.4 Å². The molecule has 2 nitrogen and oxygen atoms in total. The summed E-state index contributed by atoms with van der Waals surface area (Å²) >= 11 is 3.47. The van der Waals surface area contributed by atoms with E-state index >= 15 is 0 Å². The Bertz CT molecular complexity index is 253. The molecule has 0 unspecified atom stereocenters. The summed E-state index contributed by atoms with van der Waals surface area (Å²) in [5, 5.41) is 0. The van der Waals surface area contributed by atoms with Crippen molar-refractivity contribution in [1.29, 1.82) is 0 Å². The van der Waals surface area contributed by atoms with Crippen LogP contribution in [0.15, 0.2) is 10.7 Å². The van der Waals surface area contributed by atoms with Crippen LogP contribution in [0.1, 0.15) is 6.92 Å². The van der Waals surface area contributed by atoms with Crippen LogP contribution >= 0.6 is 22.5 Å². The SMILES string of the molecule is CC1=C(SS)C(F)(F)OC(F)(F)O1. The summed E-state index contributed by atoms with van der Waals surface area (Å²) in [6, 6.07) is 0. The fourth-order valence-electron chi connectivity index (χ4n) is 0.763. The van der Waals surface area contributed by atoms with Gasteiger partial charge in [0.1, 0.15) is 10.7 Å². The minimum absolute atomic E-state index is 0.302. The second-order valence-corrected chi connectivity index (χ2v) is 3.30. The molecule has 76 valence electrons. The normalized spacial score (nSPS) is 25.7. The van der Waals surface area contributed by atoms with Crippen molar-refractivity contribution in [3.05, 3.63) is 10.7 Å². The Kier molecular flexibility index (Phi) is 2.75. The Morgan fingerprint density at radius 1 is 1.31 bits per heavy atom. The number of hydrogen-bond acceptors (Lipinski definition) is 4. The summed E-state index contributed by atoms with van der Waals surface area (Å²) in [6.07, 6.45) is -8.35. The molecule has 0 saturated heterocycles. The molecule has 1 heterocycles. The first-order chi connectivity index (χ1) is 5.78. The molecule has 0 aliphatic carbocycles. The van der Waals surface area contributed by atoms with Crippen LogP contribution in [0.4, 0.5) is 17.6 Å². The van der Waals surface area contributed by atoms with E-state index < -0.39 is 23.1 Å². The maximum atomic E-state index is 12.7. The molecule has 1 aliphatic heterocycles. The summed E-state index contributed by atoms with van der Waals surface area (Å²) in [4.78, 5) is -0.776. The van der Waals surface area contributed by atoms with Gasteiger partial charge in [0.25, 0.3) is 0 Å². The first-order valence-electron chi connectivity index (χ1n) is 2.96. The zero-order valence-corrected chi connectivity index (χ0v) is 7.89. The van der Waals surface area contributed by atoms with Crippen LogP contribution in [-0.4, -0.2) is 12.4 Å². The molecule has 0 atom stereocenters. The highest BCUT2D eigenvalue weighted by molar-refractivity contribution is 8.70. The zero-order chi connectivity index (χ0) is 10.3. The van der Waals surface area contributed by atoms with E-state index in [1.807, 2.05) is 0 Å². The lowest BCUT2D eigenvalue weighted by Crippen LogP contribution is -2.40. The van der Waals surface area contributed by atoms with Gasteiger partial charge in [-0.1, -0.05) is 10.8 Å². The van der Waals surface area contributed by atoms with Gasteiger partial charge < -0.3 is 4.74 Å².